The van der Waals surface area contributed by atoms with Gasteiger partial charge < -0.3 is 5.32 Å². The number of allylic oxidation sites excluding steroid dienone is 1. The molecule has 13 heavy (non-hydrogen) atoms. The summed E-state index contributed by atoms with van der Waals surface area (Å²) >= 11 is 0. The lowest BCUT2D eigenvalue weighted by molar-refractivity contribution is -0.128. The average molecular weight is 181 g/mol. The van der Waals surface area contributed by atoms with Crippen molar-refractivity contribution in [3.63, 3.8) is 0 Å². The summed E-state index contributed by atoms with van der Waals surface area (Å²) in [6.07, 6.45) is 1.69. The molecule has 0 aromatic rings. The number of nitrogens with one attached hydrogen (secondary N) is 1. The van der Waals surface area contributed by atoms with E-state index in [0.717, 1.165) is 18.5 Å². The number of hydrogen-bond donors (Lipinski definition) is 1. The first kappa shape index (κ1) is 10.3. The molecule has 0 spiro atoms. The first-order chi connectivity index (χ1) is 5.73. The minimum absolute atomic E-state index is 0.132. The van der Waals surface area contributed by atoms with Crippen molar-refractivity contribution in [2.75, 3.05) is 0 Å². The highest BCUT2D eigenvalue weighted by molar-refractivity contribution is 5.87. The van der Waals surface area contributed by atoms with Gasteiger partial charge in [-0.1, -0.05) is 34.3 Å². The molecule has 1 aliphatic heterocycles. The molecule has 0 aromatic heterocycles. The standard InChI is InChI=1S/C11H19NO/c1-8-6-11(5,9(13)12-8)7-10(2,3)4/h1,6-7H2,2-5H3,(H,12,13). The van der Waals surface area contributed by atoms with Crippen LogP contribution in [0.15, 0.2) is 12.3 Å². The topological polar surface area (TPSA) is 29.1 Å². The van der Waals surface area contributed by atoms with Crippen molar-refractivity contribution < 1.29 is 4.79 Å². The molecular weight excluding hydrogens is 162 g/mol. The molecule has 1 amide bonds. The molecule has 0 aliphatic carbocycles. The van der Waals surface area contributed by atoms with Crippen LogP contribution in [-0.2, 0) is 4.79 Å². The van der Waals surface area contributed by atoms with Gasteiger partial charge in [-0.2, -0.15) is 0 Å². The number of rotatable bonds is 1. The van der Waals surface area contributed by atoms with Crippen LogP contribution >= 0.6 is 0 Å². The monoisotopic (exact) mass is 181 g/mol. The number of hydrogen-bond acceptors (Lipinski definition) is 1. The van der Waals surface area contributed by atoms with E-state index >= 15 is 0 Å². The van der Waals surface area contributed by atoms with E-state index in [1.807, 2.05) is 6.92 Å². The Balaban J connectivity index is 2.77. The highest BCUT2D eigenvalue weighted by Gasteiger charge is 2.42. The average Bonchev–Trinajstić information content (AvgIpc) is 2.00. The molecule has 2 nitrogen and oxygen atoms in total. The molecule has 1 unspecified atom stereocenters. The Bertz CT molecular complexity index is 249. The quantitative estimate of drug-likeness (QED) is 0.661. The fourth-order valence-electron chi connectivity index (χ4n) is 2.22. The molecule has 0 bridgehead atoms. The maximum Gasteiger partial charge on any atom is 0.230 e. The molecule has 1 heterocycles. The minimum atomic E-state index is -0.241. The number of amides is 1. The summed E-state index contributed by atoms with van der Waals surface area (Å²) in [5.41, 5.74) is 0.809. The Morgan fingerprint density at radius 2 is 2.08 bits per heavy atom. The summed E-state index contributed by atoms with van der Waals surface area (Å²) in [6, 6.07) is 0. The number of carbonyl (C=O) groups is 1. The predicted octanol–water partition coefficient (Wildman–Crippen LogP) is 2.46. The van der Waals surface area contributed by atoms with Gasteiger partial charge in [0.2, 0.25) is 5.91 Å². The SMILES string of the molecule is C=C1CC(C)(CC(C)(C)C)C(=O)N1. The van der Waals surface area contributed by atoms with Crippen molar-refractivity contribution in [2.45, 2.75) is 40.5 Å². The lowest BCUT2D eigenvalue weighted by Crippen LogP contribution is -2.32. The molecule has 0 saturated carbocycles. The summed E-state index contributed by atoms with van der Waals surface area (Å²) in [5, 5.41) is 2.80. The van der Waals surface area contributed by atoms with Crippen LogP contribution in [0.25, 0.3) is 0 Å². The Kier molecular flexibility index (Phi) is 2.27. The second-order valence-corrected chi connectivity index (χ2v) is 5.53. The van der Waals surface area contributed by atoms with Crippen molar-refractivity contribution in [2.24, 2.45) is 10.8 Å². The number of carbonyl (C=O) groups excluding carboxylic acids is 1. The van der Waals surface area contributed by atoms with Gasteiger partial charge in [0.1, 0.15) is 0 Å². The molecule has 1 rings (SSSR count). The van der Waals surface area contributed by atoms with E-state index in [2.05, 4.69) is 32.7 Å². The lowest BCUT2D eigenvalue weighted by atomic mass is 9.74. The lowest BCUT2D eigenvalue weighted by Gasteiger charge is -2.29. The molecule has 2 heteroatoms. The van der Waals surface area contributed by atoms with Crippen LogP contribution < -0.4 is 5.32 Å². The van der Waals surface area contributed by atoms with Gasteiger partial charge in [-0.15, -0.1) is 0 Å². The van der Waals surface area contributed by atoms with Crippen LogP contribution in [-0.4, -0.2) is 5.91 Å². The predicted molar refractivity (Wildman–Crippen MR) is 54.1 cm³/mol. The zero-order valence-corrected chi connectivity index (χ0v) is 9.03. The van der Waals surface area contributed by atoms with Crippen LogP contribution in [0.1, 0.15) is 40.5 Å². The Labute approximate surface area is 80.4 Å². The van der Waals surface area contributed by atoms with Crippen molar-refractivity contribution in [1.82, 2.24) is 5.32 Å². The van der Waals surface area contributed by atoms with Crippen molar-refractivity contribution in [3.05, 3.63) is 12.3 Å². The van der Waals surface area contributed by atoms with Gasteiger partial charge in [0, 0.05) is 12.1 Å². The molecule has 0 radical (unpaired) electrons. The van der Waals surface area contributed by atoms with Gasteiger partial charge in [0.05, 0.1) is 5.41 Å². The summed E-state index contributed by atoms with van der Waals surface area (Å²) in [7, 11) is 0. The maximum atomic E-state index is 11.6. The van der Waals surface area contributed by atoms with E-state index in [0.29, 0.717) is 0 Å². The first-order valence-electron chi connectivity index (χ1n) is 4.72. The fraction of sp³-hybridized carbons (Fsp3) is 0.727. The van der Waals surface area contributed by atoms with Crippen LogP contribution in [0.5, 0.6) is 0 Å². The van der Waals surface area contributed by atoms with Crippen LogP contribution in [0.2, 0.25) is 0 Å². The third-order valence-electron chi connectivity index (χ3n) is 2.36. The molecule has 0 aromatic carbocycles. The zero-order valence-electron chi connectivity index (χ0n) is 9.03. The minimum Gasteiger partial charge on any atom is -0.330 e. The summed E-state index contributed by atoms with van der Waals surface area (Å²) in [5.74, 6) is 0.132. The highest BCUT2D eigenvalue weighted by Crippen LogP contribution is 2.41. The molecule has 74 valence electrons. The van der Waals surface area contributed by atoms with Gasteiger partial charge in [0.25, 0.3) is 0 Å². The fourth-order valence-corrected chi connectivity index (χ4v) is 2.22. The molecular formula is C11H19NO. The second kappa shape index (κ2) is 2.86. The van der Waals surface area contributed by atoms with Crippen molar-refractivity contribution in [1.29, 1.82) is 0 Å². The van der Waals surface area contributed by atoms with E-state index in [1.165, 1.54) is 0 Å². The second-order valence-electron chi connectivity index (χ2n) is 5.53. The summed E-state index contributed by atoms with van der Waals surface area (Å²) in [4.78, 5) is 11.6. The molecule has 1 fully saturated rings. The van der Waals surface area contributed by atoms with E-state index in [4.69, 9.17) is 0 Å². The van der Waals surface area contributed by atoms with Gasteiger partial charge in [-0.05, 0) is 11.8 Å². The third-order valence-corrected chi connectivity index (χ3v) is 2.36. The Hall–Kier alpha value is -0.790. The molecule has 1 atom stereocenters. The van der Waals surface area contributed by atoms with Gasteiger partial charge >= 0.3 is 0 Å². The highest BCUT2D eigenvalue weighted by atomic mass is 16.2. The van der Waals surface area contributed by atoms with Crippen molar-refractivity contribution in [3.8, 4) is 0 Å². The van der Waals surface area contributed by atoms with Crippen LogP contribution in [0.3, 0.4) is 0 Å². The third kappa shape index (κ3) is 2.33. The summed E-state index contributed by atoms with van der Waals surface area (Å²) in [6.45, 7) is 12.3. The zero-order chi connectivity index (χ0) is 10.3. The summed E-state index contributed by atoms with van der Waals surface area (Å²) < 4.78 is 0. The maximum absolute atomic E-state index is 11.6. The van der Waals surface area contributed by atoms with Gasteiger partial charge in [0.15, 0.2) is 0 Å². The normalized spacial score (nSPS) is 29.2. The van der Waals surface area contributed by atoms with Crippen LogP contribution in [0, 0.1) is 10.8 Å². The smallest absolute Gasteiger partial charge is 0.230 e. The van der Waals surface area contributed by atoms with Crippen LogP contribution in [0.4, 0.5) is 0 Å². The van der Waals surface area contributed by atoms with Gasteiger partial charge in [-0.25, -0.2) is 0 Å². The Morgan fingerprint density at radius 3 is 2.38 bits per heavy atom. The Morgan fingerprint density at radius 1 is 1.54 bits per heavy atom. The molecule has 1 N–H and O–H groups in total. The van der Waals surface area contributed by atoms with E-state index < -0.39 is 0 Å². The van der Waals surface area contributed by atoms with Crippen molar-refractivity contribution >= 4 is 5.91 Å². The molecule has 1 saturated heterocycles. The molecule has 1 aliphatic rings. The van der Waals surface area contributed by atoms with E-state index in [-0.39, 0.29) is 16.7 Å². The van der Waals surface area contributed by atoms with Gasteiger partial charge in [-0.3, -0.25) is 4.79 Å². The van der Waals surface area contributed by atoms with E-state index in [9.17, 15) is 4.79 Å². The largest absolute Gasteiger partial charge is 0.330 e. The first-order valence-corrected chi connectivity index (χ1v) is 4.72. The van der Waals surface area contributed by atoms with E-state index in [1.54, 1.807) is 0 Å².